The summed E-state index contributed by atoms with van der Waals surface area (Å²) in [4.78, 5) is 25.7. The molecular weight excluding hydrogens is 474 g/mol. The Morgan fingerprint density at radius 1 is 1.06 bits per heavy atom. The molecular formula is C28H45NO6Si. The molecule has 202 valence electrons. The van der Waals surface area contributed by atoms with Crippen molar-refractivity contribution >= 4 is 20.4 Å². The van der Waals surface area contributed by atoms with Crippen LogP contribution in [-0.4, -0.2) is 51.3 Å². The average Bonchev–Trinajstić information content (AvgIpc) is 3.29. The molecule has 1 aliphatic carbocycles. The van der Waals surface area contributed by atoms with Crippen LogP contribution in [-0.2, 0) is 30.0 Å². The summed E-state index contributed by atoms with van der Waals surface area (Å²) in [5.41, 5.74) is 1.35. The molecule has 8 heteroatoms. The molecule has 2 atom stereocenters. The van der Waals surface area contributed by atoms with E-state index in [1.807, 2.05) is 51.1 Å². The molecule has 1 N–H and O–H groups in total. The third-order valence-corrected chi connectivity index (χ3v) is 11.0. The van der Waals surface area contributed by atoms with Gasteiger partial charge in [-0.2, -0.15) is 0 Å². The Morgan fingerprint density at radius 3 is 2.28 bits per heavy atom. The van der Waals surface area contributed by atoms with Crippen molar-refractivity contribution in [3.05, 3.63) is 47.5 Å². The highest BCUT2D eigenvalue weighted by Crippen LogP contribution is 2.36. The molecule has 1 aromatic rings. The third kappa shape index (κ3) is 10.1. The number of hydrogen-bond acceptors (Lipinski definition) is 6. The molecule has 0 heterocycles. The van der Waals surface area contributed by atoms with Gasteiger partial charge in [-0.25, -0.2) is 9.59 Å². The van der Waals surface area contributed by atoms with Gasteiger partial charge in [0.25, 0.3) is 0 Å². The molecule has 7 nitrogen and oxygen atoms in total. The van der Waals surface area contributed by atoms with Crippen LogP contribution in [0.3, 0.4) is 0 Å². The number of carbonyl (C=O) groups is 2. The van der Waals surface area contributed by atoms with Gasteiger partial charge in [0.2, 0.25) is 0 Å². The lowest BCUT2D eigenvalue weighted by Crippen LogP contribution is -2.50. The fourth-order valence-corrected chi connectivity index (χ4v) is 4.46. The number of esters is 1. The fourth-order valence-electron chi connectivity index (χ4n) is 3.54. The van der Waals surface area contributed by atoms with Crippen LogP contribution in [0.2, 0.25) is 18.1 Å². The standard InChI is InChI=1S/C28H45NO6Si/c1-27(2,3)35-26(31)29-23(19-32-18-21-14-10-9-11-15-21)25(22-16-12-13-17-22)34-24(30)20-33-36(7,8)28(4,5)6/h9-11,14-16,23,25H,12-13,17-20H2,1-8H3,(H,29,31)/t23-,25+/m0/s1. The zero-order valence-corrected chi connectivity index (χ0v) is 24.3. The van der Waals surface area contributed by atoms with E-state index in [1.165, 1.54) is 0 Å². The summed E-state index contributed by atoms with van der Waals surface area (Å²) in [5, 5.41) is 2.88. The minimum atomic E-state index is -2.12. The van der Waals surface area contributed by atoms with Crippen LogP contribution in [0.25, 0.3) is 0 Å². The van der Waals surface area contributed by atoms with Gasteiger partial charge in [-0.3, -0.25) is 0 Å². The van der Waals surface area contributed by atoms with Crippen LogP contribution in [0.5, 0.6) is 0 Å². The molecule has 0 aliphatic heterocycles. The number of amides is 1. The maximum absolute atomic E-state index is 13.0. The Bertz CT molecular complexity index is 886. The van der Waals surface area contributed by atoms with Crippen LogP contribution in [0.15, 0.2) is 42.0 Å². The molecule has 0 radical (unpaired) electrons. The molecule has 0 aromatic heterocycles. The van der Waals surface area contributed by atoms with Crippen molar-refractivity contribution in [3.63, 3.8) is 0 Å². The second-order valence-corrected chi connectivity index (χ2v) is 16.7. The number of alkyl carbamates (subject to hydrolysis) is 1. The van der Waals surface area contributed by atoms with E-state index in [0.29, 0.717) is 6.61 Å². The van der Waals surface area contributed by atoms with Crippen molar-refractivity contribution in [2.45, 2.75) is 103 Å². The number of nitrogens with one attached hydrogen (secondary N) is 1. The number of allylic oxidation sites excluding steroid dienone is 1. The number of rotatable bonds is 11. The number of carbonyl (C=O) groups excluding carboxylic acids is 2. The van der Waals surface area contributed by atoms with Gasteiger partial charge in [-0.15, -0.1) is 0 Å². The highest BCUT2D eigenvalue weighted by Gasteiger charge is 2.38. The highest BCUT2D eigenvalue weighted by atomic mass is 28.4. The van der Waals surface area contributed by atoms with E-state index in [4.69, 9.17) is 18.6 Å². The first-order valence-electron chi connectivity index (χ1n) is 12.8. The Kier molecular flexibility index (Phi) is 10.8. The number of hydrogen-bond donors (Lipinski definition) is 1. The first kappa shape index (κ1) is 30.1. The predicted molar refractivity (Wildman–Crippen MR) is 144 cm³/mol. The third-order valence-electron chi connectivity index (χ3n) is 6.53. The van der Waals surface area contributed by atoms with Crippen molar-refractivity contribution < 1.29 is 28.2 Å². The maximum atomic E-state index is 13.0. The predicted octanol–water partition coefficient (Wildman–Crippen LogP) is 6.14. The van der Waals surface area contributed by atoms with Gasteiger partial charge in [0.15, 0.2) is 8.32 Å². The molecule has 0 saturated carbocycles. The van der Waals surface area contributed by atoms with Crippen molar-refractivity contribution in [2.24, 2.45) is 0 Å². The zero-order valence-electron chi connectivity index (χ0n) is 23.3. The monoisotopic (exact) mass is 519 g/mol. The minimum absolute atomic E-state index is 0.0211. The maximum Gasteiger partial charge on any atom is 0.408 e. The second-order valence-electron chi connectivity index (χ2n) is 11.9. The molecule has 1 aromatic carbocycles. The summed E-state index contributed by atoms with van der Waals surface area (Å²) in [6.45, 7) is 16.4. The van der Waals surface area contributed by atoms with Gasteiger partial charge in [0.05, 0.1) is 19.3 Å². The van der Waals surface area contributed by atoms with Crippen LogP contribution < -0.4 is 5.32 Å². The topological polar surface area (TPSA) is 83.1 Å². The zero-order chi connectivity index (χ0) is 27.0. The summed E-state index contributed by atoms with van der Waals surface area (Å²) in [7, 11) is -2.12. The van der Waals surface area contributed by atoms with E-state index in [2.05, 4.69) is 45.3 Å². The van der Waals surface area contributed by atoms with Gasteiger partial charge >= 0.3 is 12.1 Å². The highest BCUT2D eigenvalue weighted by molar-refractivity contribution is 6.74. The van der Waals surface area contributed by atoms with E-state index in [-0.39, 0.29) is 18.3 Å². The van der Waals surface area contributed by atoms with Crippen LogP contribution >= 0.6 is 0 Å². The molecule has 0 unspecified atom stereocenters. The number of benzene rings is 1. The Morgan fingerprint density at radius 2 is 1.72 bits per heavy atom. The summed E-state index contributed by atoms with van der Waals surface area (Å²) in [6, 6.07) is 9.20. The molecule has 2 rings (SSSR count). The number of ether oxygens (including phenoxy) is 3. The quantitative estimate of drug-likeness (QED) is 0.215. The smallest absolute Gasteiger partial charge is 0.408 e. The molecule has 1 aliphatic rings. The lowest BCUT2D eigenvalue weighted by atomic mass is 10.0. The molecule has 0 saturated heterocycles. The van der Waals surface area contributed by atoms with E-state index < -0.39 is 38.1 Å². The summed E-state index contributed by atoms with van der Waals surface area (Å²) >= 11 is 0. The summed E-state index contributed by atoms with van der Waals surface area (Å²) in [6.07, 6.45) is 3.54. The minimum Gasteiger partial charge on any atom is -0.454 e. The molecule has 0 spiro atoms. The van der Waals surface area contributed by atoms with E-state index in [9.17, 15) is 9.59 Å². The Hall–Kier alpha value is -2.16. The van der Waals surface area contributed by atoms with E-state index in [1.54, 1.807) is 0 Å². The molecule has 0 fully saturated rings. The van der Waals surface area contributed by atoms with Crippen LogP contribution in [0, 0.1) is 0 Å². The van der Waals surface area contributed by atoms with Gasteiger partial charge in [0, 0.05) is 0 Å². The lowest BCUT2D eigenvalue weighted by Gasteiger charge is -2.36. The van der Waals surface area contributed by atoms with Gasteiger partial charge < -0.3 is 24.0 Å². The van der Waals surface area contributed by atoms with Crippen molar-refractivity contribution in [2.75, 3.05) is 13.2 Å². The van der Waals surface area contributed by atoms with Crippen molar-refractivity contribution in [3.8, 4) is 0 Å². The van der Waals surface area contributed by atoms with Crippen LogP contribution in [0.4, 0.5) is 4.79 Å². The van der Waals surface area contributed by atoms with Gasteiger partial charge in [0.1, 0.15) is 18.3 Å². The van der Waals surface area contributed by atoms with Gasteiger partial charge in [-0.05, 0) is 69.3 Å². The fraction of sp³-hybridized carbons (Fsp3) is 0.643. The van der Waals surface area contributed by atoms with Crippen molar-refractivity contribution in [1.29, 1.82) is 0 Å². The Balaban J connectivity index is 2.17. The normalized spacial score (nSPS) is 16.2. The summed E-state index contributed by atoms with van der Waals surface area (Å²) < 4.78 is 23.5. The Labute approximate surface area is 218 Å². The molecule has 36 heavy (non-hydrogen) atoms. The first-order valence-corrected chi connectivity index (χ1v) is 15.7. The largest absolute Gasteiger partial charge is 0.454 e. The SMILES string of the molecule is CC(C)(C)OC(=O)N[C@@H](COCc1ccccc1)[C@H](OC(=O)CO[Si](C)(C)C(C)(C)C)C1=CCCC1. The van der Waals surface area contributed by atoms with E-state index in [0.717, 1.165) is 30.4 Å². The van der Waals surface area contributed by atoms with Crippen LogP contribution in [0.1, 0.15) is 66.4 Å². The van der Waals surface area contributed by atoms with E-state index >= 15 is 0 Å². The average molecular weight is 520 g/mol. The second kappa shape index (κ2) is 12.9. The first-order chi connectivity index (χ1) is 16.7. The van der Waals surface area contributed by atoms with Gasteiger partial charge in [-0.1, -0.05) is 57.2 Å². The lowest BCUT2D eigenvalue weighted by molar-refractivity contribution is -0.152. The summed E-state index contributed by atoms with van der Waals surface area (Å²) in [5.74, 6) is -0.448. The van der Waals surface area contributed by atoms with Crippen molar-refractivity contribution in [1.82, 2.24) is 5.32 Å². The molecule has 0 bridgehead atoms. The molecule has 1 amide bonds.